The largest absolute Gasteiger partial charge is 0.469 e. The molecule has 0 aliphatic heterocycles. The van der Waals surface area contributed by atoms with Crippen LogP contribution in [-0.2, 0) is 29.2 Å². The predicted molar refractivity (Wildman–Crippen MR) is 51.7 cm³/mol. The van der Waals surface area contributed by atoms with Crippen LogP contribution in [0.2, 0.25) is 0 Å². The van der Waals surface area contributed by atoms with Gasteiger partial charge in [-0.3, -0.25) is 19.9 Å². The molecule has 0 aromatic rings. The number of esters is 2. The molecule has 0 aliphatic carbocycles. The zero-order valence-electron chi connectivity index (χ0n) is 8.74. The lowest BCUT2D eigenvalue weighted by Crippen LogP contribution is -2.37. The SMILES string of the molecule is COC(=O)CC(C(=O)OC(C)N)S(=O)(=O)O. The Hall–Kier alpha value is -1.19. The summed E-state index contributed by atoms with van der Waals surface area (Å²) in [5.41, 5.74) is 5.10. The molecule has 0 spiro atoms. The summed E-state index contributed by atoms with van der Waals surface area (Å²) in [7, 11) is -3.73. The zero-order valence-corrected chi connectivity index (χ0v) is 9.56. The average Bonchev–Trinajstić information content (AvgIpc) is 2.10. The van der Waals surface area contributed by atoms with Crippen LogP contribution in [0.4, 0.5) is 0 Å². The highest BCUT2D eigenvalue weighted by atomic mass is 32.2. The predicted octanol–water partition coefficient (Wildman–Crippen LogP) is -1.35. The summed E-state index contributed by atoms with van der Waals surface area (Å²) in [5, 5.41) is -2.02. The number of methoxy groups -OCH3 is 1. The summed E-state index contributed by atoms with van der Waals surface area (Å²) in [4.78, 5) is 22.0. The molecule has 0 bridgehead atoms. The van der Waals surface area contributed by atoms with Crippen molar-refractivity contribution in [3.8, 4) is 0 Å². The molecule has 9 heteroatoms. The van der Waals surface area contributed by atoms with Gasteiger partial charge in [0.1, 0.15) is 6.23 Å². The normalized spacial score (nSPS) is 15.0. The van der Waals surface area contributed by atoms with Gasteiger partial charge in [-0.1, -0.05) is 0 Å². The van der Waals surface area contributed by atoms with Gasteiger partial charge in [-0.25, -0.2) is 0 Å². The van der Waals surface area contributed by atoms with Gasteiger partial charge in [-0.15, -0.1) is 0 Å². The molecule has 8 nitrogen and oxygen atoms in total. The van der Waals surface area contributed by atoms with Crippen molar-refractivity contribution in [2.75, 3.05) is 7.11 Å². The van der Waals surface area contributed by atoms with E-state index in [-0.39, 0.29) is 0 Å². The van der Waals surface area contributed by atoms with Gasteiger partial charge in [0.25, 0.3) is 10.1 Å². The fourth-order valence-electron chi connectivity index (χ4n) is 0.804. The molecule has 2 unspecified atom stereocenters. The minimum atomic E-state index is -4.75. The molecule has 0 aromatic heterocycles. The second kappa shape index (κ2) is 5.77. The molecule has 3 N–H and O–H groups in total. The van der Waals surface area contributed by atoms with Gasteiger partial charge >= 0.3 is 11.9 Å². The summed E-state index contributed by atoms with van der Waals surface area (Å²) >= 11 is 0. The Morgan fingerprint density at radius 3 is 2.25 bits per heavy atom. The lowest BCUT2D eigenvalue weighted by molar-refractivity contribution is -0.151. The number of ether oxygens (including phenoxy) is 2. The summed E-state index contributed by atoms with van der Waals surface area (Å²) in [6.45, 7) is 1.29. The van der Waals surface area contributed by atoms with E-state index in [1.54, 1.807) is 0 Å². The fourth-order valence-corrected chi connectivity index (χ4v) is 1.45. The molecule has 16 heavy (non-hydrogen) atoms. The van der Waals surface area contributed by atoms with E-state index >= 15 is 0 Å². The molecule has 0 saturated carbocycles. The Bertz CT molecular complexity index is 361. The second-order valence-electron chi connectivity index (χ2n) is 2.93. The van der Waals surface area contributed by atoms with Crippen LogP contribution in [0.25, 0.3) is 0 Å². The molecule has 0 aromatic carbocycles. The molecular formula is C7H13NO7S. The van der Waals surface area contributed by atoms with Gasteiger partial charge in [0.2, 0.25) is 0 Å². The number of hydrogen-bond acceptors (Lipinski definition) is 7. The van der Waals surface area contributed by atoms with Crippen molar-refractivity contribution in [1.29, 1.82) is 0 Å². The Morgan fingerprint density at radius 1 is 1.44 bits per heavy atom. The molecule has 0 fully saturated rings. The van der Waals surface area contributed by atoms with E-state index < -0.39 is 40.0 Å². The van der Waals surface area contributed by atoms with E-state index in [1.807, 2.05) is 0 Å². The molecule has 94 valence electrons. The van der Waals surface area contributed by atoms with E-state index in [2.05, 4.69) is 9.47 Å². The van der Waals surface area contributed by atoms with Gasteiger partial charge < -0.3 is 9.47 Å². The molecule has 0 amide bonds. The van der Waals surface area contributed by atoms with E-state index in [4.69, 9.17) is 10.3 Å². The molecule has 2 atom stereocenters. The van der Waals surface area contributed by atoms with Gasteiger partial charge in [-0.05, 0) is 6.92 Å². The van der Waals surface area contributed by atoms with Crippen molar-refractivity contribution in [3.05, 3.63) is 0 Å². The average molecular weight is 255 g/mol. The van der Waals surface area contributed by atoms with E-state index in [0.29, 0.717) is 0 Å². The summed E-state index contributed by atoms with van der Waals surface area (Å²) < 4.78 is 38.9. The highest BCUT2D eigenvalue weighted by Crippen LogP contribution is 2.08. The Morgan fingerprint density at radius 2 is 1.94 bits per heavy atom. The Labute approximate surface area is 92.4 Å². The van der Waals surface area contributed by atoms with Crippen LogP contribution in [0.1, 0.15) is 13.3 Å². The first-order valence-corrected chi connectivity index (χ1v) is 5.68. The summed E-state index contributed by atoms with van der Waals surface area (Å²) in [6, 6.07) is 0. The standard InChI is InChI=1S/C7H13NO7S/c1-4(8)15-7(10)5(16(11,12)13)3-6(9)14-2/h4-5H,3,8H2,1-2H3,(H,11,12,13). The minimum Gasteiger partial charge on any atom is -0.469 e. The van der Waals surface area contributed by atoms with Crippen LogP contribution in [0.15, 0.2) is 0 Å². The van der Waals surface area contributed by atoms with Crippen molar-refractivity contribution in [2.24, 2.45) is 5.73 Å². The van der Waals surface area contributed by atoms with Crippen LogP contribution in [0.5, 0.6) is 0 Å². The van der Waals surface area contributed by atoms with Crippen LogP contribution in [-0.4, -0.2) is 43.5 Å². The summed E-state index contributed by atoms with van der Waals surface area (Å²) in [6.07, 6.45) is -1.88. The van der Waals surface area contributed by atoms with Crippen LogP contribution in [0, 0.1) is 0 Å². The van der Waals surface area contributed by atoms with Crippen LogP contribution < -0.4 is 5.73 Å². The van der Waals surface area contributed by atoms with Crippen molar-refractivity contribution < 1.29 is 32.0 Å². The number of hydrogen-bond donors (Lipinski definition) is 2. The molecule has 0 rings (SSSR count). The maximum Gasteiger partial charge on any atom is 0.329 e. The Kier molecular flexibility index (Phi) is 5.35. The smallest absolute Gasteiger partial charge is 0.329 e. The van der Waals surface area contributed by atoms with Crippen molar-refractivity contribution in [1.82, 2.24) is 0 Å². The van der Waals surface area contributed by atoms with Gasteiger partial charge in [0.15, 0.2) is 5.25 Å². The van der Waals surface area contributed by atoms with Crippen molar-refractivity contribution >= 4 is 22.1 Å². The maximum atomic E-state index is 11.2. The third kappa shape index (κ3) is 5.05. The first-order chi connectivity index (χ1) is 7.18. The molecule has 0 saturated heterocycles. The van der Waals surface area contributed by atoms with Crippen LogP contribution in [0.3, 0.4) is 0 Å². The summed E-state index contributed by atoms with van der Waals surface area (Å²) in [5.74, 6) is -2.27. The third-order valence-corrected chi connectivity index (χ3v) is 2.58. The van der Waals surface area contributed by atoms with Gasteiger partial charge in [-0.2, -0.15) is 8.42 Å². The first-order valence-electron chi connectivity index (χ1n) is 4.17. The van der Waals surface area contributed by atoms with Gasteiger partial charge in [0.05, 0.1) is 13.5 Å². The number of carbonyl (C=O) groups is 2. The van der Waals surface area contributed by atoms with Crippen molar-refractivity contribution in [2.45, 2.75) is 24.8 Å². The van der Waals surface area contributed by atoms with E-state index in [0.717, 1.165) is 7.11 Å². The number of rotatable bonds is 5. The first kappa shape index (κ1) is 14.8. The fraction of sp³-hybridized carbons (Fsp3) is 0.714. The Balaban J connectivity index is 4.83. The zero-order chi connectivity index (χ0) is 12.9. The molecule has 0 heterocycles. The lowest BCUT2D eigenvalue weighted by atomic mass is 10.3. The van der Waals surface area contributed by atoms with Crippen LogP contribution >= 0.6 is 0 Å². The van der Waals surface area contributed by atoms with E-state index in [1.165, 1.54) is 6.92 Å². The highest BCUT2D eigenvalue weighted by molar-refractivity contribution is 7.87. The quantitative estimate of drug-likeness (QED) is 0.350. The highest BCUT2D eigenvalue weighted by Gasteiger charge is 2.35. The molecule has 0 aliphatic rings. The molecular weight excluding hydrogens is 242 g/mol. The van der Waals surface area contributed by atoms with Crippen molar-refractivity contribution in [3.63, 3.8) is 0 Å². The lowest BCUT2D eigenvalue weighted by Gasteiger charge is -2.13. The minimum absolute atomic E-state index is 0.832. The van der Waals surface area contributed by atoms with Gasteiger partial charge in [0, 0.05) is 0 Å². The monoisotopic (exact) mass is 255 g/mol. The second-order valence-corrected chi connectivity index (χ2v) is 4.52. The topological polar surface area (TPSA) is 133 Å². The number of carbonyl (C=O) groups excluding carboxylic acids is 2. The molecule has 0 radical (unpaired) electrons. The maximum absolute atomic E-state index is 11.2. The van der Waals surface area contributed by atoms with E-state index in [9.17, 15) is 18.0 Å². The third-order valence-electron chi connectivity index (χ3n) is 1.50. The number of nitrogens with two attached hydrogens (primary N) is 1.